The summed E-state index contributed by atoms with van der Waals surface area (Å²) in [6.45, 7) is -2.21. The molecule has 1 fully saturated rings. The summed E-state index contributed by atoms with van der Waals surface area (Å²) in [6.07, 6.45) is -4.84. The first kappa shape index (κ1) is 22.1. The molecule has 0 aromatic carbocycles. The standard InChI is InChI=1S/C8H12N4O10P2S/c9-12-10-1-4(14)11-7(23(18)19)5(15)6(16,25)3(2-13)22-8(7,17)24(20)21/h3,5,13,15-17,25H,1-2H2,(H,11,14)/t3-,5+,6+,7+,8-/m1/s1. The van der Waals surface area contributed by atoms with Gasteiger partial charge in [-0.1, -0.05) is 14.2 Å². The molecule has 0 saturated carbocycles. The van der Waals surface area contributed by atoms with Crippen molar-refractivity contribution in [1.29, 1.82) is 0 Å². The molecule has 17 heteroatoms. The van der Waals surface area contributed by atoms with E-state index >= 15 is 0 Å². The molecular formula is C8H12N4O10P2S. The maximum absolute atomic E-state index is 11.7. The van der Waals surface area contributed by atoms with E-state index in [1.165, 1.54) is 5.32 Å². The lowest BCUT2D eigenvalue weighted by Crippen LogP contribution is -2.80. The van der Waals surface area contributed by atoms with E-state index in [1.54, 1.807) is 0 Å². The average Bonchev–Trinajstić information content (AvgIpc) is 2.52. The van der Waals surface area contributed by atoms with Crippen molar-refractivity contribution in [3.63, 3.8) is 0 Å². The Hall–Kier alpha value is -0.950. The number of amides is 1. The Morgan fingerprint density at radius 2 is 1.96 bits per heavy atom. The molecule has 1 aliphatic heterocycles. The zero-order valence-electron chi connectivity index (χ0n) is 12.0. The van der Waals surface area contributed by atoms with Gasteiger partial charge in [0.25, 0.3) is 0 Å². The van der Waals surface area contributed by atoms with Crippen LogP contribution in [-0.4, -0.2) is 67.4 Å². The lowest BCUT2D eigenvalue weighted by molar-refractivity contribution is -0.323. The second kappa shape index (κ2) is 7.74. The number of nitrogens with one attached hydrogen (secondary N) is 1. The Labute approximate surface area is 146 Å². The lowest BCUT2D eigenvalue weighted by atomic mass is 9.94. The Morgan fingerprint density at radius 3 is 2.36 bits per heavy atom. The predicted molar refractivity (Wildman–Crippen MR) is 77.0 cm³/mol. The molecule has 1 amide bonds. The largest absolute Gasteiger partial charge is 0.593 e. The number of hydrogen-bond donors (Lipinski definition) is 6. The number of rotatable bonds is 6. The topological polar surface area (TPSA) is 248 Å². The SMILES string of the molecule is [N-]=[N+]=NCC(=O)N[C@]1([P+](=O)[O-])[C@@H](O)[C@@](O)(S)[C@@H](CO)O[C@@]1(O)[P+](=O)[O-]. The number of azide groups is 1. The fourth-order valence-corrected chi connectivity index (χ4v) is 4.65. The summed E-state index contributed by atoms with van der Waals surface area (Å²) in [5.41, 5.74) is 4.36. The van der Waals surface area contributed by atoms with Crippen LogP contribution in [0.4, 0.5) is 0 Å². The van der Waals surface area contributed by atoms with Crippen molar-refractivity contribution in [2.75, 3.05) is 13.2 Å². The van der Waals surface area contributed by atoms with E-state index in [1.807, 2.05) is 0 Å². The highest BCUT2D eigenvalue weighted by Crippen LogP contribution is 2.58. The Kier molecular flexibility index (Phi) is 6.84. The fourth-order valence-electron chi connectivity index (χ4n) is 2.15. The third kappa shape index (κ3) is 3.50. The van der Waals surface area contributed by atoms with Gasteiger partial charge in [0.1, 0.15) is 12.6 Å². The van der Waals surface area contributed by atoms with Crippen molar-refractivity contribution in [2.24, 2.45) is 5.11 Å². The van der Waals surface area contributed by atoms with Crippen LogP contribution in [0.3, 0.4) is 0 Å². The zero-order chi connectivity index (χ0) is 19.6. The van der Waals surface area contributed by atoms with E-state index in [9.17, 15) is 39.0 Å². The highest BCUT2D eigenvalue weighted by molar-refractivity contribution is 7.81. The van der Waals surface area contributed by atoms with E-state index in [-0.39, 0.29) is 0 Å². The maximum atomic E-state index is 11.7. The predicted octanol–water partition coefficient (Wildman–Crippen LogP) is -3.67. The first-order valence-corrected chi connectivity index (χ1v) is 8.96. The summed E-state index contributed by atoms with van der Waals surface area (Å²) in [5, 5.41) is 40.5. The zero-order valence-corrected chi connectivity index (χ0v) is 14.7. The quantitative estimate of drug-likeness (QED) is 0.0615. The van der Waals surface area contributed by atoms with Crippen LogP contribution in [0.5, 0.6) is 0 Å². The second-order valence-corrected chi connectivity index (χ2v) is 7.86. The van der Waals surface area contributed by atoms with Crippen molar-refractivity contribution in [3.05, 3.63) is 10.4 Å². The van der Waals surface area contributed by atoms with Gasteiger partial charge in [0.05, 0.1) is 6.61 Å². The summed E-state index contributed by atoms with van der Waals surface area (Å²) in [4.78, 5) is 34.2. The van der Waals surface area contributed by atoms with Gasteiger partial charge < -0.3 is 30.2 Å². The molecule has 140 valence electrons. The number of thiol groups is 1. The van der Waals surface area contributed by atoms with Crippen LogP contribution < -0.4 is 15.1 Å². The molecule has 0 bridgehead atoms. The summed E-state index contributed by atoms with van der Waals surface area (Å²) < 4.78 is 27.8. The van der Waals surface area contributed by atoms with Gasteiger partial charge in [-0.05, 0) is 5.53 Å². The fraction of sp³-hybridized carbons (Fsp3) is 0.875. The highest BCUT2D eigenvalue weighted by atomic mass is 32.1. The molecule has 0 aromatic heterocycles. The number of hydrogen-bond acceptors (Lipinski definition) is 12. The van der Waals surface area contributed by atoms with Crippen LogP contribution >= 0.6 is 28.7 Å². The van der Waals surface area contributed by atoms with E-state index in [0.717, 1.165) is 0 Å². The van der Waals surface area contributed by atoms with Crippen molar-refractivity contribution < 1.29 is 48.9 Å². The van der Waals surface area contributed by atoms with Crippen molar-refractivity contribution in [2.45, 2.75) is 27.9 Å². The van der Waals surface area contributed by atoms with Crippen LogP contribution in [0.15, 0.2) is 5.11 Å². The number of carbonyl (C=O) groups excluding carboxylic acids is 1. The molecule has 0 aliphatic carbocycles. The van der Waals surface area contributed by atoms with E-state index in [2.05, 4.69) is 27.4 Å². The molecule has 0 radical (unpaired) electrons. The number of nitrogens with zero attached hydrogens (tertiary/aromatic N) is 3. The van der Waals surface area contributed by atoms with Gasteiger partial charge in [0, 0.05) is 4.91 Å². The Morgan fingerprint density at radius 1 is 1.40 bits per heavy atom. The van der Waals surface area contributed by atoms with Crippen LogP contribution in [-0.2, 0) is 18.7 Å². The summed E-state index contributed by atoms with van der Waals surface area (Å²) in [7, 11) is -8.51. The molecule has 25 heavy (non-hydrogen) atoms. The smallest absolute Gasteiger partial charge is 0.443 e. The average molecular weight is 418 g/mol. The summed E-state index contributed by atoms with van der Waals surface area (Å²) in [6, 6.07) is 0. The Bertz CT molecular complexity index is 644. The number of aliphatic hydroxyl groups excluding tert-OH is 2. The number of ether oxygens (including phenoxy) is 1. The van der Waals surface area contributed by atoms with Gasteiger partial charge >= 0.3 is 26.9 Å². The Balaban J connectivity index is 3.61. The molecule has 1 saturated heterocycles. The molecule has 2 unspecified atom stereocenters. The molecule has 0 aromatic rings. The van der Waals surface area contributed by atoms with Gasteiger partial charge in [0.15, 0.2) is 11.0 Å². The molecule has 14 nitrogen and oxygen atoms in total. The molecule has 1 rings (SSSR count). The minimum atomic E-state index is -4.26. The minimum Gasteiger partial charge on any atom is -0.593 e. The number of aliphatic hydroxyl groups is 4. The maximum Gasteiger partial charge on any atom is 0.443 e. The first-order chi connectivity index (χ1) is 11.4. The van der Waals surface area contributed by atoms with Crippen LogP contribution in [0.25, 0.3) is 10.4 Å². The van der Waals surface area contributed by atoms with Gasteiger partial charge in [0.2, 0.25) is 5.91 Å². The lowest BCUT2D eigenvalue weighted by Gasteiger charge is -2.49. The van der Waals surface area contributed by atoms with Gasteiger partial charge in [-0.15, -0.1) is 12.6 Å². The number of carbonyl (C=O) groups is 1. The highest BCUT2D eigenvalue weighted by Gasteiger charge is 2.83. The van der Waals surface area contributed by atoms with Crippen molar-refractivity contribution in [1.82, 2.24) is 5.32 Å². The molecule has 0 spiro atoms. The minimum absolute atomic E-state index is 1.03. The van der Waals surface area contributed by atoms with Gasteiger partial charge in [-0.2, -0.15) is 0 Å². The first-order valence-electron chi connectivity index (χ1n) is 6.16. The van der Waals surface area contributed by atoms with Gasteiger partial charge in [-0.25, -0.2) is 0 Å². The molecule has 1 heterocycles. The molecule has 5 N–H and O–H groups in total. The van der Waals surface area contributed by atoms with Crippen LogP contribution in [0, 0.1) is 0 Å². The third-order valence-corrected chi connectivity index (χ3v) is 6.28. The third-order valence-electron chi connectivity index (χ3n) is 3.38. The molecule has 7 atom stereocenters. The second-order valence-electron chi connectivity index (χ2n) is 4.80. The molecular weight excluding hydrogens is 406 g/mol. The van der Waals surface area contributed by atoms with E-state index in [0.29, 0.717) is 0 Å². The normalized spacial score (nSPS) is 39.2. The van der Waals surface area contributed by atoms with Crippen LogP contribution in [0.1, 0.15) is 0 Å². The van der Waals surface area contributed by atoms with E-state index in [4.69, 9.17) is 10.6 Å². The summed E-state index contributed by atoms with van der Waals surface area (Å²) >= 11 is 3.55. The van der Waals surface area contributed by atoms with Crippen molar-refractivity contribution in [3.8, 4) is 0 Å². The van der Waals surface area contributed by atoms with E-state index < -0.39 is 63.1 Å². The van der Waals surface area contributed by atoms with Crippen LogP contribution in [0.2, 0.25) is 0 Å². The monoisotopic (exact) mass is 418 g/mol. The van der Waals surface area contributed by atoms with Gasteiger partial charge in [-0.3, -0.25) is 14.8 Å². The summed E-state index contributed by atoms with van der Waals surface area (Å²) in [5.74, 6) is -1.43. The molecule has 1 aliphatic rings. The van der Waals surface area contributed by atoms with Crippen molar-refractivity contribution >= 4 is 34.6 Å².